The summed E-state index contributed by atoms with van der Waals surface area (Å²) >= 11 is 0. The summed E-state index contributed by atoms with van der Waals surface area (Å²) in [6, 6.07) is 21.7. The molecule has 8 nitrogen and oxygen atoms in total. The molecule has 0 atom stereocenters. The fraction of sp³-hybridized carbons (Fsp3) is 0.0769. The van der Waals surface area contributed by atoms with Crippen molar-refractivity contribution in [2.75, 3.05) is 0 Å². The van der Waals surface area contributed by atoms with Crippen LogP contribution in [-0.2, 0) is 9.59 Å². The summed E-state index contributed by atoms with van der Waals surface area (Å²) in [5.74, 6) is -0.819. The first-order valence-corrected chi connectivity index (χ1v) is 10.6. The molecule has 0 unspecified atom stereocenters. The van der Waals surface area contributed by atoms with Gasteiger partial charge in [0.15, 0.2) is 0 Å². The van der Waals surface area contributed by atoms with Crippen molar-refractivity contribution in [3.63, 3.8) is 0 Å². The van der Waals surface area contributed by atoms with Gasteiger partial charge in [0, 0.05) is 24.0 Å². The number of aromatic hydroxyl groups is 2. The van der Waals surface area contributed by atoms with Gasteiger partial charge in [-0.3, -0.25) is 9.59 Å². The molecule has 4 N–H and O–H groups in total. The van der Waals surface area contributed by atoms with Crippen LogP contribution in [0.25, 0.3) is 21.5 Å². The maximum atomic E-state index is 12.0. The van der Waals surface area contributed by atoms with Crippen LogP contribution >= 0.6 is 0 Å². The van der Waals surface area contributed by atoms with Gasteiger partial charge in [-0.05, 0) is 33.7 Å². The van der Waals surface area contributed by atoms with Crippen molar-refractivity contribution in [3.05, 3.63) is 83.9 Å². The summed E-state index contributed by atoms with van der Waals surface area (Å²) in [6.07, 6.45) is 2.55. The number of nitrogens with zero attached hydrogens (tertiary/aromatic N) is 2. The minimum absolute atomic E-state index is 0.0474. The Morgan fingerprint density at radius 1 is 0.647 bits per heavy atom. The van der Waals surface area contributed by atoms with E-state index in [1.54, 1.807) is 24.3 Å². The number of hydrogen-bond donors (Lipinski definition) is 4. The summed E-state index contributed by atoms with van der Waals surface area (Å²) < 4.78 is 0. The average Bonchev–Trinajstić information content (AvgIpc) is 2.85. The van der Waals surface area contributed by atoms with Crippen LogP contribution < -0.4 is 10.9 Å². The van der Waals surface area contributed by atoms with Gasteiger partial charge in [0.05, 0.1) is 12.4 Å². The molecule has 4 aromatic carbocycles. The van der Waals surface area contributed by atoms with E-state index >= 15 is 0 Å². The third kappa shape index (κ3) is 5.18. The first-order valence-electron chi connectivity index (χ1n) is 10.6. The van der Waals surface area contributed by atoms with Crippen LogP contribution in [0.2, 0.25) is 0 Å². The Morgan fingerprint density at radius 2 is 1.06 bits per heavy atom. The third-order valence-electron chi connectivity index (χ3n) is 5.24. The molecule has 0 bridgehead atoms. The van der Waals surface area contributed by atoms with Crippen molar-refractivity contribution >= 4 is 45.8 Å². The van der Waals surface area contributed by atoms with Crippen molar-refractivity contribution in [2.24, 2.45) is 10.2 Å². The molecule has 0 aliphatic carbocycles. The highest BCUT2D eigenvalue weighted by Gasteiger charge is 2.08. The van der Waals surface area contributed by atoms with E-state index in [2.05, 4.69) is 21.1 Å². The van der Waals surface area contributed by atoms with Crippen LogP contribution in [0.3, 0.4) is 0 Å². The third-order valence-corrected chi connectivity index (χ3v) is 5.24. The van der Waals surface area contributed by atoms with Gasteiger partial charge in [-0.15, -0.1) is 0 Å². The average molecular weight is 454 g/mol. The summed E-state index contributed by atoms with van der Waals surface area (Å²) in [5, 5.41) is 31.5. The summed E-state index contributed by atoms with van der Waals surface area (Å²) in [6.45, 7) is 0. The Kier molecular flexibility index (Phi) is 6.78. The Hall–Kier alpha value is -4.72. The van der Waals surface area contributed by atoms with E-state index < -0.39 is 11.8 Å². The molecular formula is C26H22N4O4. The van der Waals surface area contributed by atoms with Gasteiger partial charge in [0.1, 0.15) is 11.5 Å². The van der Waals surface area contributed by atoms with Crippen LogP contribution in [0.1, 0.15) is 24.0 Å². The standard InChI is InChI=1S/C26H22N4O4/c31-23-11-9-17-5-1-3-7-19(17)21(23)15-27-29-25(33)13-14-26(34)30-28-16-22-20-8-4-2-6-18(20)10-12-24(22)32/h1-12,15-16,31-32H,13-14H2,(H,29,33)(H,30,34)/b27-15-,28-16-. The van der Waals surface area contributed by atoms with Crippen LogP contribution in [0.15, 0.2) is 83.0 Å². The molecule has 0 saturated heterocycles. The predicted molar refractivity (Wildman–Crippen MR) is 132 cm³/mol. The number of fused-ring (bicyclic) bond motifs is 2. The van der Waals surface area contributed by atoms with Crippen molar-refractivity contribution in [2.45, 2.75) is 12.8 Å². The number of benzene rings is 4. The van der Waals surface area contributed by atoms with Crippen LogP contribution in [0.5, 0.6) is 11.5 Å². The highest BCUT2D eigenvalue weighted by atomic mass is 16.3. The zero-order valence-corrected chi connectivity index (χ0v) is 18.1. The lowest BCUT2D eigenvalue weighted by Crippen LogP contribution is -2.22. The molecule has 0 radical (unpaired) electrons. The Balaban J connectivity index is 1.29. The number of hydrazone groups is 2. The molecule has 0 aromatic heterocycles. The number of amides is 2. The Labute approximate surface area is 195 Å². The van der Waals surface area contributed by atoms with Gasteiger partial charge < -0.3 is 10.2 Å². The highest BCUT2D eigenvalue weighted by Crippen LogP contribution is 2.26. The van der Waals surface area contributed by atoms with Gasteiger partial charge in [0.2, 0.25) is 11.8 Å². The molecule has 0 aliphatic rings. The summed E-state index contributed by atoms with van der Waals surface area (Å²) in [7, 11) is 0. The summed E-state index contributed by atoms with van der Waals surface area (Å²) in [5.41, 5.74) is 5.69. The smallest absolute Gasteiger partial charge is 0.240 e. The minimum Gasteiger partial charge on any atom is -0.507 e. The Morgan fingerprint density at radius 3 is 1.50 bits per heavy atom. The second kappa shape index (κ2) is 10.3. The quantitative estimate of drug-likeness (QED) is 0.251. The van der Waals surface area contributed by atoms with Crippen LogP contribution in [0.4, 0.5) is 0 Å². The zero-order valence-electron chi connectivity index (χ0n) is 18.1. The topological polar surface area (TPSA) is 123 Å². The number of carbonyl (C=O) groups is 2. The summed E-state index contributed by atoms with van der Waals surface area (Å²) in [4.78, 5) is 24.1. The van der Waals surface area contributed by atoms with Gasteiger partial charge in [-0.2, -0.15) is 10.2 Å². The van der Waals surface area contributed by atoms with Crippen molar-refractivity contribution < 1.29 is 19.8 Å². The van der Waals surface area contributed by atoms with Crippen molar-refractivity contribution in [3.8, 4) is 11.5 Å². The zero-order chi connectivity index (χ0) is 23.9. The second-order valence-corrected chi connectivity index (χ2v) is 7.53. The van der Waals surface area contributed by atoms with Crippen LogP contribution in [0, 0.1) is 0 Å². The number of rotatable bonds is 7. The van der Waals surface area contributed by atoms with E-state index in [9.17, 15) is 19.8 Å². The number of nitrogens with one attached hydrogen (secondary N) is 2. The fourth-order valence-corrected chi connectivity index (χ4v) is 3.52. The molecule has 0 spiro atoms. The maximum Gasteiger partial charge on any atom is 0.240 e. The molecule has 4 aromatic rings. The first kappa shape index (κ1) is 22.5. The normalized spacial score (nSPS) is 11.4. The first-order chi connectivity index (χ1) is 16.5. The lowest BCUT2D eigenvalue weighted by Gasteiger charge is -2.05. The van der Waals surface area contributed by atoms with E-state index in [1.165, 1.54) is 12.4 Å². The number of carbonyl (C=O) groups excluding carboxylic acids is 2. The monoisotopic (exact) mass is 454 g/mol. The number of phenols is 2. The molecule has 4 rings (SSSR count). The van der Waals surface area contributed by atoms with Gasteiger partial charge in [0.25, 0.3) is 0 Å². The maximum absolute atomic E-state index is 12.0. The van der Waals surface area contributed by atoms with E-state index in [0.717, 1.165) is 21.5 Å². The van der Waals surface area contributed by atoms with Crippen molar-refractivity contribution in [1.82, 2.24) is 10.9 Å². The predicted octanol–water partition coefficient (Wildman–Crippen LogP) is 3.78. The lowest BCUT2D eigenvalue weighted by molar-refractivity contribution is -0.126. The van der Waals surface area contributed by atoms with Gasteiger partial charge in [-0.1, -0.05) is 60.7 Å². The largest absolute Gasteiger partial charge is 0.507 e. The van der Waals surface area contributed by atoms with Gasteiger partial charge in [-0.25, -0.2) is 10.9 Å². The molecule has 8 heteroatoms. The molecule has 170 valence electrons. The van der Waals surface area contributed by atoms with E-state index in [4.69, 9.17) is 0 Å². The molecule has 0 aliphatic heterocycles. The number of hydrogen-bond acceptors (Lipinski definition) is 6. The van der Waals surface area contributed by atoms with E-state index in [0.29, 0.717) is 11.1 Å². The molecule has 0 fully saturated rings. The fourth-order valence-electron chi connectivity index (χ4n) is 3.52. The van der Waals surface area contributed by atoms with E-state index in [1.807, 2.05) is 48.5 Å². The van der Waals surface area contributed by atoms with Crippen molar-refractivity contribution in [1.29, 1.82) is 0 Å². The molecular weight excluding hydrogens is 432 g/mol. The lowest BCUT2D eigenvalue weighted by atomic mass is 10.0. The molecule has 0 heterocycles. The highest BCUT2D eigenvalue weighted by molar-refractivity contribution is 6.03. The Bertz CT molecular complexity index is 1320. The molecule has 2 amide bonds. The van der Waals surface area contributed by atoms with Crippen LogP contribution in [-0.4, -0.2) is 34.5 Å². The molecule has 34 heavy (non-hydrogen) atoms. The second-order valence-electron chi connectivity index (χ2n) is 7.53. The SMILES string of the molecule is O=C(CCC(=O)N/N=C\c1c(O)ccc2ccccc12)N/N=C\c1c(O)ccc2ccccc12. The van der Waals surface area contributed by atoms with Gasteiger partial charge >= 0.3 is 0 Å². The minimum atomic E-state index is -0.457. The van der Waals surface area contributed by atoms with E-state index in [-0.39, 0.29) is 24.3 Å². The number of phenolic OH excluding ortho intramolecular Hbond substituents is 2. The molecule has 0 saturated carbocycles.